The zero-order valence-electron chi connectivity index (χ0n) is 37.5. The summed E-state index contributed by atoms with van der Waals surface area (Å²) in [6, 6.07) is 34.9. The van der Waals surface area contributed by atoms with Gasteiger partial charge in [-0.1, -0.05) is 173 Å². The number of carbonyl (C=O) groups excluding carboxylic acids is 2. The van der Waals surface area contributed by atoms with Crippen molar-refractivity contribution in [3.8, 4) is 0 Å². The van der Waals surface area contributed by atoms with Gasteiger partial charge in [-0.25, -0.2) is 8.78 Å². The fourth-order valence-corrected chi connectivity index (χ4v) is 7.64. The molecule has 0 aliphatic carbocycles. The third-order valence-electron chi connectivity index (χ3n) is 10.9. The van der Waals surface area contributed by atoms with Crippen LogP contribution in [0.4, 0.5) is 22.0 Å². The second-order valence-electron chi connectivity index (χ2n) is 18.0. The Morgan fingerprint density at radius 3 is 1.24 bits per heavy atom. The van der Waals surface area contributed by atoms with Crippen LogP contribution in [0, 0.1) is 11.6 Å². The molecule has 0 aliphatic rings. The van der Waals surface area contributed by atoms with Gasteiger partial charge in [0.1, 0.15) is 0 Å². The molecule has 0 aliphatic heterocycles. The molecule has 0 aromatic heterocycles. The van der Waals surface area contributed by atoms with Gasteiger partial charge >= 0.3 is 6.18 Å². The van der Waals surface area contributed by atoms with Crippen molar-refractivity contribution in [2.24, 2.45) is 0 Å². The molecule has 348 valence electrons. The van der Waals surface area contributed by atoms with Crippen LogP contribution in [0.3, 0.4) is 0 Å². The minimum absolute atomic E-state index is 0.0335. The SMILES string of the molecule is CC(C)(C)c1ccc(CN(CCc2ccc(Cl)c(Cl)c2)C(=O)c2cccc(Cl)c2F)cc1.CC(C)(C)c1ccc(CN(CCc2cccc(C(F)(F)F)c2)C(=O)c2cccc(Cl)c2F)cc1. The number of hydrogen-bond acceptors (Lipinski definition) is 2. The molecule has 6 aromatic rings. The first-order valence-corrected chi connectivity index (χ1v) is 22.7. The molecule has 0 bridgehead atoms. The van der Waals surface area contributed by atoms with Crippen LogP contribution in [0.2, 0.25) is 20.1 Å². The van der Waals surface area contributed by atoms with Gasteiger partial charge in [-0.05, 0) is 99.5 Å². The summed E-state index contributed by atoms with van der Waals surface area (Å²) in [5.41, 5.74) is 4.51. The summed E-state index contributed by atoms with van der Waals surface area (Å²) in [6.45, 7) is 13.7. The van der Waals surface area contributed by atoms with Crippen LogP contribution >= 0.6 is 46.4 Å². The van der Waals surface area contributed by atoms with E-state index in [-0.39, 0.29) is 51.5 Å². The summed E-state index contributed by atoms with van der Waals surface area (Å²) in [6.07, 6.45) is -3.73. The van der Waals surface area contributed by atoms with E-state index in [4.69, 9.17) is 46.4 Å². The maximum absolute atomic E-state index is 14.6. The quantitative estimate of drug-likeness (QED) is 0.115. The fraction of sp³-hybridized carbons (Fsp3) is 0.283. The third-order valence-corrected chi connectivity index (χ3v) is 12.2. The van der Waals surface area contributed by atoms with E-state index < -0.39 is 35.2 Å². The van der Waals surface area contributed by atoms with Crippen molar-refractivity contribution in [1.29, 1.82) is 0 Å². The molecule has 0 N–H and O–H groups in total. The lowest BCUT2D eigenvalue weighted by Crippen LogP contribution is -2.33. The maximum Gasteiger partial charge on any atom is 0.416 e. The predicted molar refractivity (Wildman–Crippen MR) is 258 cm³/mol. The van der Waals surface area contributed by atoms with Crippen molar-refractivity contribution in [3.05, 3.63) is 209 Å². The third kappa shape index (κ3) is 14.3. The standard InChI is InChI=1S/C27H26ClF4NO.C26H25Cl3FNO/c1-26(2,3)20-12-10-19(11-13-20)17-33(25(34)22-8-5-9-23(28)24(22)29)15-14-18-6-4-7-21(16-18)27(30,31)32;1-26(2,3)19-10-7-18(8-11-19)16-31(14-13-17-9-12-21(27)23(29)15-17)25(32)20-5-4-6-22(28)24(20)30/h4-13,16H,14-15,17H2,1-3H3;4-12,15H,13-14,16H2,1-3H3. The average Bonchev–Trinajstić information content (AvgIpc) is 3.26. The lowest BCUT2D eigenvalue weighted by molar-refractivity contribution is -0.137. The highest BCUT2D eigenvalue weighted by atomic mass is 35.5. The van der Waals surface area contributed by atoms with Gasteiger partial charge in [0.15, 0.2) is 11.6 Å². The molecule has 4 nitrogen and oxygen atoms in total. The molecular formula is C53H51Cl4F5N2O2. The van der Waals surface area contributed by atoms with E-state index in [1.807, 2.05) is 42.5 Å². The summed E-state index contributed by atoms with van der Waals surface area (Å²) in [4.78, 5) is 29.6. The normalized spacial score (nSPS) is 11.7. The van der Waals surface area contributed by atoms with Gasteiger partial charge in [0.2, 0.25) is 0 Å². The Morgan fingerprint density at radius 2 is 0.848 bits per heavy atom. The highest BCUT2D eigenvalue weighted by Crippen LogP contribution is 2.31. The van der Waals surface area contributed by atoms with Crippen LogP contribution in [0.15, 0.2) is 127 Å². The number of amides is 2. The molecular weight excluding hydrogens is 933 g/mol. The van der Waals surface area contributed by atoms with E-state index in [0.29, 0.717) is 35.1 Å². The van der Waals surface area contributed by atoms with Crippen molar-refractivity contribution in [2.45, 2.75) is 84.5 Å². The minimum atomic E-state index is -4.45. The van der Waals surface area contributed by atoms with Gasteiger partial charge in [0.05, 0.1) is 36.8 Å². The lowest BCUT2D eigenvalue weighted by Gasteiger charge is -2.25. The van der Waals surface area contributed by atoms with Crippen LogP contribution < -0.4 is 0 Å². The Kier molecular flexibility index (Phi) is 17.5. The van der Waals surface area contributed by atoms with Crippen molar-refractivity contribution in [2.75, 3.05) is 13.1 Å². The van der Waals surface area contributed by atoms with Crippen molar-refractivity contribution >= 4 is 58.2 Å². The molecule has 0 radical (unpaired) electrons. The van der Waals surface area contributed by atoms with Gasteiger partial charge in [0, 0.05) is 26.2 Å². The average molecular weight is 985 g/mol. The Bertz CT molecular complexity index is 2620. The molecule has 0 saturated carbocycles. The van der Waals surface area contributed by atoms with E-state index >= 15 is 0 Å². The topological polar surface area (TPSA) is 40.6 Å². The largest absolute Gasteiger partial charge is 0.416 e. The van der Waals surface area contributed by atoms with Gasteiger partial charge in [-0.15, -0.1) is 0 Å². The van der Waals surface area contributed by atoms with E-state index in [2.05, 4.69) is 53.7 Å². The van der Waals surface area contributed by atoms with E-state index in [9.17, 15) is 31.5 Å². The number of benzene rings is 6. The lowest BCUT2D eigenvalue weighted by atomic mass is 9.86. The number of rotatable bonds is 12. The second-order valence-corrected chi connectivity index (χ2v) is 19.6. The Morgan fingerprint density at radius 1 is 0.455 bits per heavy atom. The second kappa shape index (κ2) is 22.2. The predicted octanol–water partition coefficient (Wildman–Crippen LogP) is 15.6. The summed E-state index contributed by atoms with van der Waals surface area (Å²) in [7, 11) is 0. The van der Waals surface area contributed by atoms with Crippen LogP contribution in [0.5, 0.6) is 0 Å². The molecule has 0 saturated heterocycles. The molecule has 0 heterocycles. The van der Waals surface area contributed by atoms with Gasteiger partial charge in [0.25, 0.3) is 11.8 Å². The molecule has 13 heteroatoms. The summed E-state index contributed by atoms with van der Waals surface area (Å²) in [5.74, 6) is -2.51. The Labute approximate surface area is 404 Å². The molecule has 0 unspecified atom stereocenters. The van der Waals surface area contributed by atoms with Crippen LogP contribution in [-0.4, -0.2) is 34.7 Å². The number of alkyl halides is 3. The molecule has 6 rings (SSSR count). The first-order chi connectivity index (χ1) is 30.9. The van der Waals surface area contributed by atoms with Crippen molar-refractivity contribution < 1.29 is 31.5 Å². The van der Waals surface area contributed by atoms with Gasteiger partial charge in [-0.3, -0.25) is 9.59 Å². The first-order valence-electron chi connectivity index (χ1n) is 21.2. The van der Waals surface area contributed by atoms with Gasteiger partial charge in [-0.2, -0.15) is 13.2 Å². The number of nitrogens with zero attached hydrogens (tertiary/aromatic N) is 2. The Balaban J connectivity index is 0.000000248. The minimum Gasteiger partial charge on any atom is -0.334 e. The van der Waals surface area contributed by atoms with E-state index in [1.165, 1.54) is 46.9 Å². The highest BCUT2D eigenvalue weighted by Gasteiger charge is 2.31. The fourth-order valence-electron chi connectivity index (χ4n) is 6.97. The Hall–Kier alpha value is -4.93. The van der Waals surface area contributed by atoms with Gasteiger partial charge < -0.3 is 9.80 Å². The first kappa shape index (κ1) is 52.0. The van der Waals surface area contributed by atoms with E-state index in [1.54, 1.807) is 29.2 Å². The molecule has 0 atom stereocenters. The molecule has 6 aromatic carbocycles. The number of carbonyl (C=O) groups is 2. The van der Waals surface area contributed by atoms with E-state index in [0.717, 1.165) is 34.4 Å². The monoisotopic (exact) mass is 982 g/mol. The number of hydrogen-bond donors (Lipinski definition) is 0. The smallest absolute Gasteiger partial charge is 0.334 e. The summed E-state index contributed by atoms with van der Waals surface area (Å²) in [5, 5.41) is 0.692. The molecule has 2 amide bonds. The molecule has 0 spiro atoms. The summed E-state index contributed by atoms with van der Waals surface area (Å²) >= 11 is 23.9. The summed E-state index contributed by atoms with van der Waals surface area (Å²) < 4.78 is 68.4. The van der Waals surface area contributed by atoms with Crippen LogP contribution in [0.25, 0.3) is 0 Å². The van der Waals surface area contributed by atoms with Crippen molar-refractivity contribution in [3.63, 3.8) is 0 Å². The van der Waals surface area contributed by atoms with Crippen LogP contribution in [-0.2, 0) is 42.9 Å². The molecule has 0 fully saturated rings. The maximum atomic E-state index is 14.6. The van der Waals surface area contributed by atoms with Crippen LogP contribution in [0.1, 0.15) is 101 Å². The zero-order chi connectivity index (χ0) is 48.6. The molecule has 66 heavy (non-hydrogen) atoms. The highest BCUT2D eigenvalue weighted by molar-refractivity contribution is 6.42. The number of halogens is 9. The van der Waals surface area contributed by atoms with Crippen molar-refractivity contribution in [1.82, 2.24) is 9.80 Å². The zero-order valence-corrected chi connectivity index (χ0v) is 40.5.